The van der Waals surface area contributed by atoms with Gasteiger partial charge in [-0.1, -0.05) is 0 Å². The third-order valence-corrected chi connectivity index (χ3v) is 3.68. The lowest BCUT2D eigenvalue weighted by molar-refractivity contribution is -0.122. The lowest BCUT2D eigenvalue weighted by atomic mass is 10.1. The first-order chi connectivity index (χ1) is 9.51. The van der Waals surface area contributed by atoms with E-state index in [4.69, 9.17) is 10.5 Å². The second kappa shape index (κ2) is 6.22. The van der Waals surface area contributed by atoms with Crippen molar-refractivity contribution >= 4 is 5.91 Å². The Morgan fingerprint density at radius 3 is 2.85 bits per heavy atom. The van der Waals surface area contributed by atoms with E-state index in [2.05, 4.69) is 5.32 Å². The van der Waals surface area contributed by atoms with Gasteiger partial charge in [-0.3, -0.25) is 4.79 Å². The molecule has 0 bridgehead atoms. The van der Waals surface area contributed by atoms with E-state index < -0.39 is 0 Å². The standard InChI is InChI=1S/C15H21FN2O2/c1-9(12-7-11(16)5-6-14(12)20-2)18-15(19)8-13(17)10-3-4-10/h5-7,9-10,13H,3-4,8,17H2,1-2H3,(H,18,19). The molecule has 0 radical (unpaired) electrons. The molecule has 5 heteroatoms. The zero-order valence-electron chi connectivity index (χ0n) is 11.9. The van der Waals surface area contributed by atoms with Crippen LogP contribution in [0.1, 0.15) is 37.8 Å². The fourth-order valence-electron chi connectivity index (χ4n) is 2.33. The average molecular weight is 280 g/mol. The highest BCUT2D eigenvalue weighted by atomic mass is 19.1. The summed E-state index contributed by atoms with van der Waals surface area (Å²) >= 11 is 0. The molecular weight excluding hydrogens is 259 g/mol. The van der Waals surface area contributed by atoms with Gasteiger partial charge in [-0.25, -0.2) is 4.39 Å². The summed E-state index contributed by atoms with van der Waals surface area (Å²) in [6, 6.07) is 3.88. The molecule has 20 heavy (non-hydrogen) atoms. The molecule has 2 unspecified atom stereocenters. The molecule has 1 aliphatic carbocycles. The zero-order chi connectivity index (χ0) is 14.7. The average Bonchev–Trinajstić information content (AvgIpc) is 3.22. The Labute approximate surface area is 118 Å². The van der Waals surface area contributed by atoms with Crippen LogP contribution in [0, 0.1) is 11.7 Å². The largest absolute Gasteiger partial charge is 0.496 e. The molecule has 0 heterocycles. The molecular formula is C15H21FN2O2. The van der Waals surface area contributed by atoms with Crippen LogP contribution >= 0.6 is 0 Å². The minimum Gasteiger partial charge on any atom is -0.496 e. The molecule has 1 aromatic rings. The van der Waals surface area contributed by atoms with Gasteiger partial charge in [-0.2, -0.15) is 0 Å². The third-order valence-electron chi connectivity index (χ3n) is 3.68. The van der Waals surface area contributed by atoms with Crippen molar-refractivity contribution in [3.8, 4) is 5.75 Å². The third kappa shape index (κ3) is 3.70. The highest BCUT2D eigenvalue weighted by Gasteiger charge is 2.30. The maximum Gasteiger partial charge on any atom is 0.222 e. The van der Waals surface area contributed by atoms with Gasteiger partial charge in [-0.15, -0.1) is 0 Å². The van der Waals surface area contributed by atoms with Crippen LogP contribution in [-0.4, -0.2) is 19.1 Å². The molecule has 0 saturated heterocycles. The van der Waals surface area contributed by atoms with Crippen molar-refractivity contribution in [3.63, 3.8) is 0 Å². The van der Waals surface area contributed by atoms with Crippen molar-refractivity contribution in [2.75, 3.05) is 7.11 Å². The SMILES string of the molecule is COc1ccc(F)cc1C(C)NC(=O)CC(N)C1CC1. The topological polar surface area (TPSA) is 64.3 Å². The van der Waals surface area contributed by atoms with Crippen molar-refractivity contribution in [2.24, 2.45) is 11.7 Å². The number of halogens is 1. The Hall–Kier alpha value is -1.62. The Morgan fingerprint density at radius 1 is 1.55 bits per heavy atom. The predicted molar refractivity (Wildman–Crippen MR) is 74.8 cm³/mol. The van der Waals surface area contributed by atoms with Crippen LogP contribution in [0.3, 0.4) is 0 Å². The van der Waals surface area contributed by atoms with E-state index in [9.17, 15) is 9.18 Å². The van der Waals surface area contributed by atoms with E-state index in [1.807, 2.05) is 0 Å². The predicted octanol–water partition coefficient (Wildman–Crippen LogP) is 2.14. The Morgan fingerprint density at radius 2 is 2.25 bits per heavy atom. The van der Waals surface area contributed by atoms with Crippen LogP contribution in [-0.2, 0) is 4.79 Å². The maximum atomic E-state index is 13.3. The second-order valence-electron chi connectivity index (χ2n) is 5.38. The van der Waals surface area contributed by atoms with Gasteiger partial charge in [0.2, 0.25) is 5.91 Å². The number of rotatable bonds is 6. The molecule has 110 valence electrons. The minimum absolute atomic E-state index is 0.0726. The number of hydrogen-bond acceptors (Lipinski definition) is 3. The minimum atomic E-state index is -0.350. The Kier molecular flexibility index (Phi) is 4.60. The normalized spacial score (nSPS) is 17.4. The summed E-state index contributed by atoms with van der Waals surface area (Å²) in [6.45, 7) is 1.80. The molecule has 4 nitrogen and oxygen atoms in total. The first-order valence-electron chi connectivity index (χ1n) is 6.89. The van der Waals surface area contributed by atoms with Crippen LogP contribution in [0.4, 0.5) is 4.39 Å². The Balaban J connectivity index is 1.98. The number of nitrogens with two attached hydrogens (primary N) is 1. The van der Waals surface area contributed by atoms with Gasteiger partial charge in [0.15, 0.2) is 0 Å². The van der Waals surface area contributed by atoms with Gasteiger partial charge in [-0.05, 0) is 43.9 Å². The first-order valence-corrected chi connectivity index (χ1v) is 6.89. The van der Waals surface area contributed by atoms with Crippen LogP contribution in [0.2, 0.25) is 0 Å². The summed E-state index contributed by atoms with van der Waals surface area (Å²) in [5, 5.41) is 2.85. The molecule has 0 aromatic heterocycles. The smallest absolute Gasteiger partial charge is 0.222 e. The lowest BCUT2D eigenvalue weighted by Crippen LogP contribution is -2.34. The van der Waals surface area contributed by atoms with Crippen molar-refractivity contribution in [3.05, 3.63) is 29.6 Å². The molecule has 1 aromatic carbocycles. The zero-order valence-corrected chi connectivity index (χ0v) is 11.9. The molecule has 3 N–H and O–H groups in total. The van der Waals surface area contributed by atoms with Crippen molar-refractivity contribution < 1.29 is 13.9 Å². The number of amides is 1. The number of carbonyl (C=O) groups excluding carboxylic acids is 1. The molecule has 1 amide bonds. The van der Waals surface area contributed by atoms with E-state index in [1.165, 1.54) is 19.2 Å². The summed E-state index contributed by atoms with van der Waals surface area (Å²) in [4.78, 5) is 11.9. The summed E-state index contributed by atoms with van der Waals surface area (Å²) < 4.78 is 18.5. The molecule has 2 atom stereocenters. The molecule has 1 saturated carbocycles. The quantitative estimate of drug-likeness (QED) is 0.839. The van der Waals surface area contributed by atoms with Crippen LogP contribution in [0.15, 0.2) is 18.2 Å². The molecule has 0 spiro atoms. The number of methoxy groups -OCH3 is 1. The fraction of sp³-hybridized carbons (Fsp3) is 0.533. The van der Waals surface area contributed by atoms with Gasteiger partial charge in [0, 0.05) is 18.0 Å². The number of hydrogen-bond donors (Lipinski definition) is 2. The lowest BCUT2D eigenvalue weighted by Gasteiger charge is -2.18. The summed E-state index contributed by atoms with van der Waals surface area (Å²) in [7, 11) is 1.52. The van der Waals surface area contributed by atoms with Crippen molar-refractivity contribution in [1.82, 2.24) is 5.32 Å². The molecule has 1 aliphatic rings. The molecule has 0 aliphatic heterocycles. The fourth-order valence-corrected chi connectivity index (χ4v) is 2.33. The Bertz CT molecular complexity index is 489. The van der Waals surface area contributed by atoms with E-state index in [0.717, 1.165) is 12.8 Å². The summed E-state index contributed by atoms with van der Waals surface area (Å²) in [6.07, 6.45) is 2.54. The molecule has 2 rings (SSSR count). The monoisotopic (exact) mass is 280 g/mol. The van der Waals surface area contributed by atoms with Crippen molar-refractivity contribution in [2.45, 2.75) is 38.3 Å². The summed E-state index contributed by atoms with van der Waals surface area (Å²) in [5.41, 5.74) is 6.55. The number of carbonyl (C=O) groups is 1. The highest BCUT2D eigenvalue weighted by Crippen LogP contribution is 2.33. The van der Waals surface area contributed by atoms with Crippen LogP contribution in [0.25, 0.3) is 0 Å². The number of ether oxygens (including phenoxy) is 1. The van der Waals surface area contributed by atoms with E-state index >= 15 is 0 Å². The second-order valence-corrected chi connectivity index (χ2v) is 5.38. The van der Waals surface area contributed by atoms with E-state index in [-0.39, 0.29) is 23.8 Å². The van der Waals surface area contributed by atoms with Gasteiger partial charge in [0.1, 0.15) is 11.6 Å². The van der Waals surface area contributed by atoms with E-state index in [1.54, 1.807) is 13.0 Å². The van der Waals surface area contributed by atoms with Crippen LogP contribution < -0.4 is 15.8 Å². The summed E-state index contributed by atoms with van der Waals surface area (Å²) in [5.74, 6) is 0.588. The van der Waals surface area contributed by atoms with Crippen molar-refractivity contribution in [1.29, 1.82) is 0 Å². The first kappa shape index (κ1) is 14.8. The van der Waals surface area contributed by atoms with Crippen LogP contribution in [0.5, 0.6) is 5.75 Å². The molecule has 1 fully saturated rings. The van der Waals surface area contributed by atoms with Gasteiger partial charge in [0.25, 0.3) is 0 Å². The number of nitrogens with one attached hydrogen (secondary N) is 1. The van der Waals surface area contributed by atoms with Gasteiger partial charge < -0.3 is 15.8 Å². The highest BCUT2D eigenvalue weighted by molar-refractivity contribution is 5.77. The number of benzene rings is 1. The van der Waals surface area contributed by atoms with Gasteiger partial charge in [0.05, 0.1) is 13.2 Å². The van der Waals surface area contributed by atoms with E-state index in [0.29, 0.717) is 23.7 Å². The van der Waals surface area contributed by atoms with Gasteiger partial charge >= 0.3 is 0 Å². The maximum absolute atomic E-state index is 13.3.